The summed E-state index contributed by atoms with van der Waals surface area (Å²) in [6.07, 6.45) is 1.25. The molecular formula is C14H28N2O2. The lowest BCUT2D eigenvalue weighted by molar-refractivity contribution is -0.145. The standard InChI is InChI=1S/C14H28N2O2/c1-10(2)15-14(5,13(17)18)9-16-7-11(3)6-12(4)8-16/h10-12,15H,6-9H2,1-5H3,(H,17,18). The first kappa shape index (κ1) is 15.4. The van der Waals surface area contributed by atoms with Crippen molar-refractivity contribution in [3.8, 4) is 0 Å². The van der Waals surface area contributed by atoms with Crippen LogP contribution in [-0.2, 0) is 4.79 Å². The number of likely N-dealkylation sites (tertiary alicyclic amines) is 1. The third-order valence-electron chi connectivity index (χ3n) is 3.56. The van der Waals surface area contributed by atoms with Crippen molar-refractivity contribution in [1.82, 2.24) is 10.2 Å². The van der Waals surface area contributed by atoms with Crippen molar-refractivity contribution in [2.45, 2.75) is 52.6 Å². The van der Waals surface area contributed by atoms with Crippen LogP contribution in [0.4, 0.5) is 0 Å². The smallest absolute Gasteiger partial charge is 0.324 e. The lowest BCUT2D eigenvalue weighted by Crippen LogP contribution is -2.60. The minimum atomic E-state index is -0.856. The summed E-state index contributed by atoms with van der Waals surface area (Å²) in [4.78, 5) is 13.8. The molecule has 0 saturated carbocycles. The van der Waals surface area contributed by atoms with Gasteiger partial charge in [-0.25, -0.2) is 0 Å². The van der Waals surface area contributed by atoms with Gasteiger partial charge in [0.1, 0.15) is 5.54 Å². The van der Waals surface area contributed by atoms with Gasteiger partial charge in [-0.2, -0.15) is 0 Å². The van der Waals surface area contributed by atoms with E-state index in [1.807, 2.05) is 13.8 Å². The Kier molecular flexibility index (Phi) is 5.17. The molecule has 0 aromatic heterocycles. The number of nitrogens with zero attached hydrogens (tertiary/aromatic N) is 1. The van der Waals surface area contributed by atoms with Crippen molar-refractivity contribution in [3.05, 3.63) is 0 Å². The van der Waals surface area contributed by atoms with Gasteiger partial charge in [-0.3, -0.25) is 10.1 Å². The Morgan fingerprint density at radius 1 is 1.39 bits per heavy atom. The van der Waals surface area contributed by atoms with Crippen LogP contribution in [0.1, 0.15) is 41.0 Å². The first-order valence-corrected chi connectivity index (χ1v) is 6.96. The molecule has 1 saturated heterocycles. The highest BCUT2D eigenvalue weighted by Crippen LogP contribution is 2.22. The van der Waals surface area contributed by atoms with Crippen LogP contribution in [0.3, 0.4) is 0 Å². The van der Waals surface area contributed by atoms with Crippen LogP contribution in [0.2, 0.25) is 0 Å². The van der Waals surface area contributed by atoms with E-state index < -0.39 is 11.5 Å². The van der Waals surface area contributed by atoms with Crippen molar-refractivity contribution in [1.29, 1.82) is 0 Å². The molecule has 1 heterocycles. The number of piperidine rings is 1. The Hall–Kier alpha value is -0.610. The van der Waals surface area contributed by atoms with Crippen molar-refractivity contribution < 1.29 is 9.90 Å². The third kappa shape index (κ3) is 4.25. The fourth-order valence-corrected chi connectivity index (χ4v) is 3.18. The lowest BCUT2D eigenvalue weighted by Gasteiger charge is -2.40. The maximum absolute atomic E-state index is 11.5. The number of carboxylic acids is 1. The molecule has 0 aromatic rings. The molecule has 0 bridgehead atoms. The molecule has 0 aliphatic carbocycles. The van der Waals surface area contributed by atoms with Crippen LogP contribution in [-0.4, -0.2) is 47.2 Å². The zero-order valence-corrected chi connectivity index (χ0v) is 12.4. The summed E-state index contributed by atoms with van der Waals surface area (Å²) in [6, 6.07) is 0.172. The molecule has 1 fully saturated rings. The Bertz CT molecular complexity index is 284. The highest BCUT2D eigenvalue weighted by Gasteiger charge is 2.37. The van der Waals surface area contributed by atoms with Gasteiger partial charge in [0.2, 0.25) is 0 Å². The lowest BCUT2D eigenvalue weighted by atomic mass is 9.90. The Morgan fingerprint density at radius 2 is 1.89 bits per heavy atom. The summed E-state index contributed by atoms with van der Waals surface area (Å²) < 4.78 is 0. The third-order valence-corrected chi connectivity index (χ3v) is 3.56. The van der Waals surface area contributed by atoms with E-state index in [2.05, 4.69) is 24.1 Å². The number of hydrogen-bond acceptors (Lipinski definition) is 3. The molecule has 18 heavy (non-hydrogen) atoms. The van der Waals surface area contributed by atoms with Crippen molar-refractivity contribution in [2.24, 2.45) is 11.8 Å². The molecular weight excluding hydrogens is 228 g/mol. The summed E-state index contributed by atoms with van der Waals surface area (Å²) in [5.74, 6) is 0.554. The van der Waals surface area contributed by atoms with Gasteiger partial charge < -0.3 is 10.0 Å². The zero-order chi connectivity index (χ0) is 13.9. The molecule has 4 nitrogen and oxygen atoms in total. The van der Waals surface area contributed by atoms with Gasteiger partial charge in [-0.1, -0.05) is 13.8 Å². The molecule has 2 N–H and O–H groups in total. The van der Waals surface area contributed by atoms with Gasteiger partial charge >= 0.3 is 5.97 Å². The van der Waals surface area contributed by atoms with Crippen LogP contribution in [0.5, 0.6) is 0 Å². The van der Waals surface area contributed by atoms with E-state index in [0.717, 1.165) is 13.1 Å². The van der Waals surface area contributed by atoms with Crippen molar-refractivity contribution in [3.63, 3.8) is 0 Å². The van der Waals surface area contributed by atoms with E-state index >= 15 is 0 Å². The number of hydrogen-bond donors (Lipinski definition) is 2. The predicted octanol–water partition coefficient (Wildman–Crippen LogP) is 1.81. The van der Waals surface area contributed by atoms with Crippen LogP contribution < -0.4 is 5.32 Å². The second kappa shape index (κ2) is 6.02. The molecule has 4 heteroatoms. The van der Waals surface area contributed by atoms with Crippen LogP contribution in [0.25, 0.3) is 0 Å². The highest BCUT2D eigenvalue weighted by molar-refractivity contribution is 5.78. The van der Waals surface area contributed by atoms with Crippen molar-refractivity contribution in [2.75, 3.05) is 19.6 Å². The molecule has 1 rings (SSSR count). The van der Waals surface area contributed by atoms with E-state index in [1.165, 1.54) is 6.42 Å². The molecule has 0 aromatic carbocycles. The Balaban J connectivity index is 2.68. The molecule has 0 radical (unpaired) electrons. The second-order valence-electron chi connectivity index (χ2n) is 6.58. The molecule has 0 amide bonds. The minimum Gasteiger partial charge on any atom is -0.480 e. The van der Waals surface area contributed by atoms with Crippen LogP contribution in [0.15, 0.2) is 0 Å². The molecule has 3 unspecified atom stereocenters. The van der Waals surface area contributed by atoms with E-state index in [4.69, 9.17) is 0 Å². The Labute approximate surface area is 111 Å². The number of carbonyl (C=O) groups is 1. The minimum absolute atomic E-state index is 0.172. The molecule has 106 valence electrons. The van der Waals surface area contributed by atoms with Gasteiger partial charge in [0.05, 0.1) is 0 Å². The number of aliphatic carboxylic acids is 1. The van der Waals surface area contributed by atoms with Crippen LogP contribution >= 0.6 is 0 Å². The second-order valence-corrected chi connectivity index (χ2v) is 6.58. The number of nitrogens with one attached hydrogen (secondary N) is 1. The van der Waals surface area contributed by atoms with Crippen LogP contribution in [0, 0.1) is 11.8 Å². The maximum Gasteiger partial charge on any atom is 0.324 e. The van der Waals surface area contributed by atoms with Crippen molar-refractivity contribution >= 4 is 5.97 Å². The predicted molar refractivity (Wildman–Crippen MR) is 73.7 cm³/mol. The van der Waals surface area contributed by atoms with Gasteiger partial charge in [-0.15, -0.1) is 0 Å². The molecule has 3 atom stereocenters. The maximum atomic E-state index is 11.5. The quantitative estimate of drug-likeness (QED) is 0.787. The van der Waals surface area contributed by atoms with Gasteiger partial charge in [0.25, 0.3) is 0 Å². The fourth-order valence-electron chi connectivity index (χ4n) is 3.18. The monoisotopic (exact) mass is 256 g/mol. The van der Waals surface area contributed by atoms with E-state index in [0.29, 0.717) is 18.4 Å². The summed E-state index contributed by atoms with van der Waals surface area (Å²) in [6.45, 7) is 12.9. The van der Waals surface area contributed by atoms with E-state index in [-0.39, 0.29) is 6.04 Å². The first-order chi connectivity index (χ1) is 8.23. The molecule has 0 spiro atoms. The number of rotatable bonds is 5. The van der Waals surface area contributed by atoms with Gasteiger partial charge in [-0.05, 0) is 39.0 Å². The van der Waals surface area contributed by atoms with Gasteiger partial charge in [0, 0.05) is 25.7 Å². The van der Waals surface area contributed by atoms with E-state index in [9.17, 15) is 9.90 Å². The summed E-state index contributed by atoms with van der Waals surface area (Å²) in [7, 11) is 0. The first-order valence-electron chi connectivity index (χ1n) is 6.96. The average molecular weight is 256 g/mol. The summed E-state index contributed by atoms with van der Waals surface area (Å²) in [5.41, 5.74) is -0.856. The largest absolute Gasteiger partial charge is 0.480 e. The topological polar surface area (TPSA) is 52.6 Å². The average Bonchev–Trinajstić information content (AvgIpc) is 2.13. The number of carboxylic acid groups (broad SMARTS) is 1. The normalized spacial score (nSPS) is 29.2. The SMILES string of the molecule is CC1CC(C)CN(CC(C)(NC(C)C)C(=O)O)C1. The summed E-state index contributed by atoms with van der Waals surface area (Å²) >= 11 is 0. The molecule has 1 aliphatic rings. The zero-order valence-electron chi connectivity index (χ0n) is 12.4. The Morgan fingerprint density at radius 3 is 2.28 bits per heavy atom. The summed E-state index contributed by atoms with van der Waals surface area (Å²) in [5, 5.41) is 12.6. The van der Waals surface area contributed by atoms with Gasteiger partial charge in [0.15, 0.2) is 0 Å². The fraction of sp³-hybridized carbons (Fsp3) is 0.929. The van der Waals surface area contributed by atoms with E-state index in [1.54, 1.807) is 6.92 Å². The molecule has 1 aliphatic heterocycles. The highest BCUT2D eigenvalue weighted by atomic mass is 16.4.